The van der Waals surface area contributed by atoms with Crippen LogP contribution in [0.3, 0.4) is 0 Å². The van der Waals surface area contributed by atoms with E-state index in [1.807, 2.05) is 6.92 Å². The number of carbonyl (C=O) groups is 3. The van der Waals surface area contributed by atoms with E-state index in [1.165, 1.54) is 13.8 Å². The zero-order valence-electron chi connectivity index (χ0n) is 13.3. The average Bonchev–Trinajstić information content (AvgIpc) is 2.41. The molecule has 2 atom stereocenters. The van der Waals surface area contributed by atoms with Crippen molar-refractivity contribution in [2.75, 3.05) is 20.3 Å². The van der Waals surface area contributed by atoms with Gasteiger partial charge in [0.15, 0.2) is 0 Å². The number of rotatable bonds is 9. The number of hydrogen-bond acceptors (Lipinski definition) is 6. The summed E-state index contributed by atoms with van der Waals surface area (Å²) < 4.78 is 10.2. The molecule has 0 rings (SSSR count). The zero-order chi connectivity index (χ0) is 16.4. The van der Waals surface area contributed by atoms with Crippen molar-refractivity contribution >= 4 is 17.8 Å². The van der Waals surface area contributed by atoms with E-state index in [-0.39, 0.29) is 12.7 Å². The fraction of sp³-hybridized carbons (Fsp3) is 0.786. The third kappa shape index (κ3) is 7.19. The molecule has 0 spiro atoms. The van der Waals surface area contributed by atoms with Crippen LogP contribution in [0.15, 0.2) is 0 Å². The molecule has 7 heteroatoms. The molecule has 0 saturated carbocycles. The molecule has 7 nitrogen and oxygen atoms in total. The molecule has 0 radical (unpaired) electrons. The molecule has 122 valence electrons. The summed E-state index contributed by atoms with van der Waals surface area (Å²) in [6, 6.07) is -0.915. The van der Waals surface area contributed by atoms with E-state index in [2.05, 4.69) is 0 Å². The van der Waals surface area contributed by atoms with Crippen LogP contribution in [-0.2, 0) is 23.9 Å². The predicted molar refractivity (Wildman–Crippen MR) is 77.3 cm³/mol. The van der Waals surface area contributed by atoms with Gasteiger partial charge in [-0.05, 0) is 26.3 Å². The average molecular weight is 302 g/mol. The van der Waals surface area contributed by atoms with Crippen molar-refractivity contribution in [3.8, 4) is 0 Å². The Hall–Kier alpha value is -1.47. The zero-order valence-corrected chi connectivity index (χ0v) is 13.3. The van der Waals surface area contributed by atoms with Crippen molar-refractivity contribution < 1.29 is 23.9 Å². The van der Waals surface area contributed by atoms with Crippen molar-refractivity contribution in [3.63, 3.8) is 0 Å². The van der Waals surface area contributed by atoms with Gasteiger partial charge in [0, 0.05) is 27.4 Å². The fourth-order valence-electron chi connectivity index (χ4n) is 1.86. The molecule has 0 heterocycles. The summed E-state index contributed by atoms with van der Waals surface area (Å²) in [4.78, 5) is 36.2. The van der Waals surface area contributed by atoms with Crippen LogP contribution in [0, 0.1) is 0 Å². The van der Waals surface area contributed by atoms with Crippen LogP contribution in [-0.4, -0.2) is 55.1 Å². The Balaban J connectivity index is 4.75. The molecule has 0 aromatic heterocycles. The maximum Gasteiger partial charge on any atom is 0.329 e. The minimum absolute atomic E-state index is 0.0305. The van der Waals surface area contributed by atoms with Gasteiger partial charge in [-0.2, -0.15) is 0 Å². The second kappa shape index (κ2) is 10.3. The highest BCUT2D eigenvalue weighted by Gasteiger charge is 2.31. The lowest BCUT2D eigenvalue weighted by molar-refractivity contribution is -0.160. The lowest BCUT2D eigenvalue weighted by Crippen LogP contribution is -2.47. The van der Waals surface area contributed by atoms with Gasteiger partial charge >= 0.3 is 5.97 Å². The Morgan fingerprint density at radius 2 is 1.71 bits per heavy atom. The molecular weight excluding hydrogens is 276 g/mol. The van der Waals surface area contributed by atoms with Crippen molar-refractivity contribution in [3.05, 3.63) is 0 Å². The molecule has 0 aliphatic carbocycles. The molecule has 0 aliphatic rings. The Kier molecular flexibility index (Phi) is 9.56. The van der Waals surface area contributed by atoms with E-state index >= 15 is 0 Å². The normalized spacial score (nSPS) is 13.4. The molecule has 0 bridgehead atoms. The Morgan fingerprint density at radius 3 is 2.14 bits per heavy atom. The van der Waals surface area contributed by atoms with Gasteiger partial charge in [0.05, 0.1) is 12.7 Å². The first-order valence-corrected chi connectivity index (χ1v) is 7.05. The van der Waals surface area contributed by atoms with Crippen LogP contribution in [0.5, 0.6) is 0 Å². The quantitative estimate of drug-likeness (QED) is 0.621. The Labute approximate surface area is 125 Å². The van der Waals surface area contributed by atoms with Crippen LogP contribution in [0.25, 0.3) is 0 Å². The number of nitrogens with zero attached hydrogens (tertiary/aromatic N) is 1. The van der Waals surface area contributed by atoms with Crippen LogP contribution in [0.2, 0.25) is 0 Å². The first-order chi connectivity index (χ1) is 9.84. The highest BCUT2D eigenvalue weighted by molar-refractivity contribution is 5.97. The summed E-state index contributed by atoms with van der Waals surface area (Å²) in [5.41, 5.74) is 5.43. The van der Waals surface area contributed by atoms with Gasteiger partial charge in [0.1, 0.15) is 6.04 Å². The van der Waals surface area contributed by atoms with E-state index in [9.17, 15) is 14.4 Å². The fourth-order valence-corrected chi connectivity index (χ4v) is 1.86. The minimum atomic E-state index is -0.915. The van der Waals surface area contributed by atoms with Crippen LogP contribution in [0.1, 0.15) is 40.0 Å². The topological polar surface area (TPSA) is 98.9 Å². The first kappa shape index (κ1) is 19.5. The molecule has 0 aromatic rings. The summed E-state index contributed by atoms with van der Waals surface area (Å²) in [5, 5.41) is 0. The molecule has 0 saturated heterocycles. The van der Waals surface area contributed by atoms with E-state index in [0.717, 1.165) is 4.90 Å². The number of amides is 2. The van der Waals surface area contributed by atoms with Gasteiger partial charge < -0.3 is 15.2 Å². The van der Waals surface area contributed by atoms with Gasteiger partial charge in [0.25, 0.3) is 0 Å². The molecular formula is C14H26N2O5. The maximum absolute atomic E-state index is 12.1. The maximum atomic E-state index is 12.1. The molecule has 2 amide bonds. The van der Waals surface area contributed by atoms with Crippen LogP contribution < -0.4 is 5.73 Å². The lowest BCUT2D eigenvalue weighted by atomic mass is 10.1. The molecule has 0 fully saturated rings. The van der Waals surface area contributed by atoms with Gasteiger partial charge in [-0.25, -0.2) is 4.79 Å². The van der Waals surface area contributed by atoms with Crippen molar-refractivity contribution in [2.45, 2.75) is 52.2 Å². The van der Waals surface area contributed by atoms with Crippen molar-refractivity contribution in [2.24, 2.45) is 5.73 Å². The minimum Gasteiger partial charge on any atom is -0.464 e. The van der Waals surface area contributed by atoms with Crippen LogP contribution in [0.4, 0.5) is 0 Å². The van der Waals surface area contributed by atoms with Crippen LogP contribution >= 0.6 is 0 Å². The van der Waals surface area contributed by atoms with E-state index in [4.69, 9.17) is 15.2 Å². The van der Waals surface area contributed by atoms with Gasteiger partial charge in [-0.1, -0.05) is 0 Å². The monoisotopic (exact) mass is 302 g/mol. The third-order valence-electron chi connectivity index (χ3n) is 3.12. The SMILES string of the molecule is COC(C)CCOC(=O)[C@@H](CCCN)N(C(C)=O)C(C)=O. The second-order valence-electron chi connectivity index (χ2n) is 4.86. The van der Waals surface area contributed by atoms with Crippen molar-refractivity contribution in [1.82, 2.24) is 4.90 Å². The van der Waals surface area contributed by atoms with Gasteiger partial charge in [0.2, 0.25) is 11.8 Å². The second-order valence-corrected chi connectivity index (χ2v) is 4.86. The molecule has 1 unspecified atom stereocenters. The smallest absolute Gasteiger partial charge is 0.329 e. The summed E-state index contributed by atoms with van der Waals surface area (Å²) in [6.45, 7) is 4.90. The highest BCUT2D eigenvalue weighted by Crippen LogP contribution is 2.11. The number of methoxy groups -OCH3 is 1. The summed E-state index contributed by atoms with van der Waals surface area (Å²) in [7, 11) is 1.57. The number of ether oxygens (including phenoxy) is 2. The van der Waals surface area contributed by atoms with Crippen molar-refractivity contribution in [1.29, 1.82) is 0 Å². The highest BCUT2D eigenvalue weighted by atomic mass is 16.5. The Morgan fingerprint density at radius 1 is 1.14 bits per heavy atom. The van der Waals surface area contributed by atoms with E-state index < -0.39 is 23.8 Å². The number of esters is 1. The van der Waals surface area contributed by atoms with Gasteiger partial charge in [-0.3, -0.25) is 14.5 Å². The molecule has 0 aliphatic heterocycles. The lowest BCUT2D eigenvalue weighted by Gasteiger charge is -2.26. The number of nitrogens with two attached hydrogens (primary N) is 1. The number of carbonyl (C=O) groups excluding carboxylic acids is 3. The van der Waals surface area contributed by atoms with Gasteiger partial charge in [-0.15, -0.1) is 0 Å². The summed E-state index contributed by atoms with van der Waals surface area (Å²) in [6.07, 6.45) is 1.34. The molecule has 21 heavy (non-hydrogen) atoms. The van der Waals surface area contributed by atoms with E-state index in [1.54, 1.807) is 7.11 Å². The number of imide groups is 1. The summed E-state index contributed by atoms with van der Waals surface area (Å²) >= 11 is 0. The van der Waals surface area contributed by atoms with E-state index in [0.29, 0.717) is 25.8 Å². The number of hydrogen-bond donors (Lipinski definition) is 1. The standard InChI is InChI=1S/C14H26N2O5/c1-10(20-4)7-9-21-14(19)13(6-5-8-15)16(11(2)17)12(3)18/h10,13H,5-9,15H2,1-4H3/t10?,13-/m1/s1. The Bertz CT molecular complexity index is 345. The molecule has 2 N–H and O–H groups in total. The largest absolute Gasteiger partial charge is 0.464 e. The predicted octanol–water partition coefficient (Wildman–Crippen LogP) is 0.457. The third-order valence-corrected chi connectivity index (χ3v) is 3.12. The summed E-state index contributed by atoms with van der Waals surface area (Å²) in [5.74, 6) is -1.55. The first-order valence-electron chi connectivity index (χ1n) is 7.05. The molecule has 0 aromatic carbocycles.